The molecule has 0 aliphatic carbocycles. The van der Waals surface area contributed by atoms with Crippen molar-refractivity contribution < 1.29 is 9.90 Å². The first kappa shape index (κ1) is 23.3. The molecule has 0 aliphatic heterocycles. The van der Waals surface area contributed by atoms with E-state index in [-0.39, 0.29) is 161 Å². The summed E-state index contributed by atoms with van der Waals surface area (Å²) in [6.45, 7) is 0.0417. The number of carbonyl (C=O) groups is 1. The molecule has 39 valence electrons. The number of nitrogens with one attached hydrogen (secondary N) is 1. The normalized spacial score (nSPS) is 5.44. The Balaban J connectivity index is -0.0000000417. The Morgan fingerprint density at radius 1 is 1.44 bits per heavy atom. The largest absolute Gasteiger partial charge is 0.480 e. The van der Waals surface area contributed by atoms with Crippen LogP contribution in [0.5, 0.6) is 0 Å². The van der Waals surface area contributed by atoms with Gasteiger partial charge in [0.15, 0.2) is 0 Å². The fourth-order valence-electron chi connectivity index (χ4n) is 0.151. The van der Waals surface area contributed by atoms with E-state index in [1.165, 1.54) is 0 Å². The molecule has 0 aromatic rings. The molecular formula is C3H7K3NO2. The molecule has 0 heterocycles. The van der Waals surface area contributed by atoms with Crippen LogP contribution >= 0.6 is 0 Å². The van der Waals surface area contributed by atoms with Gasteiger partial charge >= 0.3 is 5.97 Å². The first-order valence-electron chi connectivity index (χ1n) is 1.63. The van der Waals surface area contributed by atoms with E-state index in [0.29, 0.717) is 0 Å². The first-order valence-corrected chi connectivity index (χ1v) is 1.63. The average molecular weight is 206 g/mol. The molecule has 0 rings (SSSR count). The predicted molar refractivity (Wildman–Crippen MR) is 38.8 cm³/mol. The van der Waals surface area contributed by atoms with Gasteiger partial charge in [-0.1, -0.05) is 0 Å². The SMILES string of the molecule is CNCC(=O)O.[K].[K].[K]. The van der Waals surface area contributed by atoms with E-state index in [1.807, 2.05) is 0 Å². The molecule has 0 spiro atoms. The van der Waals surface area contributed by atoms with E-state index in [2.05, 4.69) is 5.32 Å². The molecule has 3 radical (unpaired) electrons. The zero-order valence-corrected chi connectivity index (χ0v) is 15.9. The summed E-state index contributed by atoms with van der Waals surface area (Å²) < 4.78 is 0. The Morgan fingerprint density at radius 2 is 1.78 bits per heavy atom. The minimum absolute atomic E-state index is 0. The van der Waals surface area contributed by atoms with E-state index in [1.54, 1.807) is 7.05 Å². The third kappa shape index (κ3) is 24.5. The predicted octanol–water partition coefficient (Wildman–Crippen LogP) is -1.85. The quantitative estimate of drug-likeness (QED) is 0.522. The van der Waals surface area contributed by atoms with E-state index in [9.17, 15) is 4.79 Å². The molecule has 9 heavy (non-hydrogen) atoms. The van der Waals surface area contributed by atoms with Gasteiger partial charge in [0.1, 0.15) is 0 Å². The van der Waals surface area contributed by atoms with Gasteiger partial charge in [-0.05, 0) is 7.05 Å². The Hall–Kier alpha value is 4.34. The van der Waals surface area contributed by atoms with Crippen LogP contribution in [0.15, 0.2) is 0 Å². The van der Waals surface area contributed by atoms with Gasteiger partial charge in [0.2, 0.25) is 0 Å². The molecule has 6 heteroatoms. The molecule has 0 unspecified atom stereocenters. The summed E-state index contributed by atoms with van der Waals surface area (Å²) in [6.07, 6.45) is 0. The van der Waals surface area contributed by atoms with Crippen molar-refractivity contribution in [2.24, 2.45) is 0 Å². The van der Waals surface area contributed by atoms with Crippen LogP contribution in [0, 0.1) is 0 Å². The molecule has 0 aliphatic rings. The van der Waals surface area contributed by atoms with Crippen LogP contribution in [-0.2, 0) is 4.79 Å². The van der Waals surface area contributed by atoms with Crippen molar-refractivity contribution in [3.8, 4) is 0 Å². The van der Waals surface area contributed by atoms with Gasteiger partial charge in [-0.15, -0.1) is 0 Å². The fourth-order valence-corrected chi connectivity index (χ4v) is 0.151. The molecule has 0 aromatic heterocycles. The van der Waals surface area contributed by atoms with Crippen LogP contribution in [0.25, 0.3) is 0 Å². The van der Waals surface area contributed by atoms with Crippen LogP contribution in [-0.4, -0.2) is 179 Å². The maximum Gasteiger partial charge on any atom is 0.317 e. The van der Waals surface area contributed by atoms with E-state index in [4.69, 9.17) is 5.11 Å². The van der Waals surface area contributed by atoms with Crippen molar-refractivity contribution in [1.29, 1.82) is 0 Å². The Kier molecular flexibility index (Phi) is 47.1. The van der Waals surface area contributed by atoms with Crippen molar-refractivity contribution in [3.05, 3.63) is 0 Å². The van der Waals surface area contributed by atoms with E-state index >= 15 is 0 Å². The van der Waals surface area contributed by atoms with Crippen LogP contribution < -0.4 is 5.32 Å². The van der Waals surface area contributed by atoms with Gasteiger partial charge < -0.3 is 10.4 Å². The van der Waals surface area contributed by atoms with Crippen LogP contribution in [0.2, 0.25) is 0 Å². The molecule has 0 saturated carbocycles. The van der Waals surface area contributed by atoms with Gasteiger partial charge in [-0.3, -0.25) is 4.79 Å². The Bertz CT molecular complexity index is 61.0. The van der Waals surface area contributed by atoms with E-state index in [0.717, 1.165) is 0 Å². The third-order valence-electron chi connectivity index (χ3n) is 0.328. The van der Waals surface area contributed by atoms with Gasteiger partial charge in [-0.25, -0.2) is 0 Å². The first-order chi connectivity index (χ1) is 2.77. The van der Waals surface area contributed by atoms with E-state index < -0.39 is 5.97 Å². The molecule has 0 saturated heterocycles. The Labute approximate surface area is 183 Å². The second kappa shape index (κ2) is 18.2. The molecule has 3 nitrogen and oxygen atoms in total. The topological polar surface area (TPSA) is 49.3 Å². The van der Waals surface area contributed by atoms with Gasteiger partial charge in [0.25, 0.3) is 0 Å². The van der Waals surface area contributed by atoms with Gasteiger partial charge in [0, 0.05) is 154 Å². The number of carboxylic acids is 1. The minimum atomic E-state index is -0.822. The average Bonchev–Trinajstić information content (AvgIpc) is 1.35. The molecule has 0 atom stereocenters. The summed E-state index contributed by atoms with van der Waals surface area (Å²) in [5, 5.41) is 10.3. The minimum Gasteiger partial charge on any atom is -0.480 e. The Morgan fingerprint density at radius 3 is 1.78 bits per heavy atom. The monoisotopic (exact) mass is 206 g/mol. The summed E-state index contributed by atoms with van der Waals surface area (Å²) in [5.74, 6) is -0.822. The van der Waals surface area contributed by atoms with Crippen LogP contribution in [0.3, 0.4) is 0 Å². The van der Waals surface area contributed by atoms with Crippen molar-refractivity contribution >= 4 is 160 Å². The number of likely N-dealkylation sites (N-methyl/N-ethyl adjacent to an activating group) is 1. The van der Waals surface area contributed by atoms with Crippen LogP contribution in [0.4, 0.5) is 0 Å². The summed E-state index contributed by atoms with van der Waals surface area (Å²) in [6, 6.07) is 0. The maximum absolute atomic E-state index is 9.54. The third-order valence-corrected chi connectivity index (χ3v) is 0.328. The summed E-state index contributed by atoms with van der Waals surface area (Å²) in [5.41, 5.74) is 0. The van der Waals surface area contributed by atoms with Gasteiger partial charge in [0.05, 0.1) is 6.54 Å². The molecular weight excluding hydrogens is 199 g/mol. The van der Waals surface area contributed by atoms with Crippen LogP contribution in [0.1, 0.15) is 0 Å². The summed E-state index contributed by atoms with van der Waals surface area (Å²) >= 11 is 0. The van der Waals surface area contributed by atoms with Crippen molar-refractivity contribution in [3.63, 3.8) is 0 Å². The second-order valence-electron chi connectivity index (χ2n) is 0.924. The maximum atomic E-state index is 9.54. The second-order valence-corrected chi connectivity index (χ2v) is 0.924. The number of aliphatic carboxylic acids is 1. The molecule has 0 amide bonds. The van der Waals surface area contributed by atoms with Crippen molar-refractivity contribution in [2.75, 3.05) is 13.6 Å². The number of hydrogen-bond acceptors (Lipinski definition) is 2. The number of hydrogen-bond donors (Lipinski definition) is 2. The van der Waals surface area contributed by atoms with Crippen molar-refractivity contribution in [2.45, 2.75) is 0 Å². The zero-order valence-electron chi connectivity index (χ0n) is 6.56. The molecule has 0 bridgehead atoms. The molecule has 2 N–H and O–H groups in total. The zero-order chi connectivity index (χ0) is 4.99. The number of rotatable bonds is 2. The smallest absolute Gasteiger partial charge is 0.317 e. The summed E-state index contributed by atoms with van der Waals surface area (Å²) in [4.78, 5) is 9.54. The summed E-state index contributed by atoms with van der Waals surface area (Å²) in [7, 11) is 1.59. The molecule has 0 aromatic carbocycles. The number of carboxylic acid groups (broad SMARTS) is 1. The standard InChI is InChI=1S/C3H7NO2.3K/c1-4-2-3(5)6;;;/h4H,2H2,1H3,(H,5,6);;;. The van der Waals surface area contributed by atoms with Gasteiger partial charge in [-0.2, -0.15) is 0 Å². The van der Waals surface area contributed by atoms with Crippen molar-refractivity contribution in [1.82, 2.24) is 5.32 Å². The fraction of sp³-hybridized carbons (Fsp3) is 0.667. The molecule has 0 fully saturated rings.